The number of nitrogen functional groups attached to an aromatic ring is 1. The number of aryl methyl sites for hydroxylation is 1. The lowest BCUT2D eigenvalue weighted by Gasteiger charge is -2.14. The monoisotopic (exact) mass is 455 g/mol. The van der Waals surface area contributed by atoms with Gasteiger partial charge in [0.25, 0.3) is 0 Å². The summed E-state index contributed by atoms with van der Waals surface area (Å²) < 4.78 is 0. The van der Waals surface area contributed by atoms with Gasteiger partial charge >= 0.3 is 11.9 Å². The first kappa shape index (κ1) is 22.8. The number of hydrogen-bond acceptors (Lipinski definition) is 7. The van der Waals surface area contributed by atoms with Gasteiger partial charge < -0.3 is 26.6 Å². The van der Waals surface area contributed by atoms with Crippen molar-refractivity contribution in [1.29, 1.82) is 0 Å². The lowest BCUT2D eigenvalue weighted by molar-refractivity contribution is 0.0695. The normalized spacial score (nSPS) is 10.6. The maximum atomic E-state index is 11.5. The highest BCUT2D eigenvalue weighted by molar-refractivity contribution is 6.31. The van der Waals surface area contributed by atoms with Crippen molar-refractivity contribution in [2.24, 2.45) is 0 Å². The summed E-state index contributed by atoms with van der Waals surface area (Å²) in [5.74, 6) is -1.78. The molecule has 2 aromatic carbocycles. The molecule has 0 atom stereocenters. The summed E-state index contributed by atoms with van der Waals surface area (Å²) in [7, 11) is 0. The molecule has 0 amide bonds. The van der Waals surface area contributed by atoms with E-state index in [0.29, 0.717) is 40.9 Å². The molecule has 0 aliphatic heterocycles. The van der Waals surface area contributed by atoms with Gasteiger partial charge in [0.15, 0.2) is 0 Å². The molecule has 10 heteroatoms. The first-order valence-electron chi connectivity index (χ1n) is 9.66. The largest absolute Gasteiger partial charge is 0.478 e. The highest BCUT2D eigenvalue weighted by atomic mass is 35.5. The number of aromatic nitrogens is 2. The minimum atomic E-state index is -1.21. The lowest BCUT2D eigenvalue weighted by atomic mass is 10.0. The molecule has 3 rings (SSSR count). The van der Waals surface area contributed by atoms with Crippen LogP contribution in [0.5, 0.6) is 0 Å². The maximum absolute atomic E-state index is 11.5. The smallest absolute Gasteiger partial charge is 0.337 e. The number of nitrogens with zero attached hydrogens (tertiary/aromatic N) is 2. The highest BCUT2D eigenvalue weighted by Gasteiger charge is 2.17. The Kier molecular flexibility index (Phi) is 6.79. The van der Waals surface area contributed by atoms with Gasteiger partial charge in [0, 0.05) is 35.4 Å². The van der Waals surface area contributed by atoms with Gasteiger partial charge in [-0.25, -0.2) is 14.6 Å². The standard InChI is InChI=1S/C22H22ClN5O4/c1-11-8-17(15(21(31)32)9-14(11)20(29)30)25-6-7-26-19-10-18(27-22(24)28-19)13-4-3-5-16(23)12(13)2/h3-5,8-10,25H,6-7H2,1-2H3,(H,29,30)(H,31,32)(H3,24,26,27,28). The molecule has 0 radical (unpaired) electrons. The predicted octanol–water partition coefficient (Wildman–Crippen LogP) is 3.92. The van der Waals surface area contributed by atoms with Gasteiger partial charge in [-0.2, -0.15) is 4.98 Å². The zero-order chi connectivity index (χ0) is 23.4. The van der Waals surface area contributed by atoms with Crippen LogP contribution in [-0.2, 0) is 0 Å². The second-order valence-electron chi connectivity index (χ2n) is 7.09. The molecule has 3 aromatic rings. The van der Waals surface area contributed by atoms with Crippen molar-refractivity contribution in [3.05, 3.63) is 63.7 Å². The second-order valence-corrected chi connectivity index (χ2v) is 7.49. The second kappa shape index (κ2) is 9.52. The molecule has 0 aliphatic rings. The molecule has 0 bridgehead atoms. The third-order valence-corrected chi connectivity index (χ3v) is 5.27. The number of carbonyl (C=O) groups is 2. The van der Waals surface area contributed by atoms with Crippen LogP contribution in [0.1, 0.15) is 31.8 Å². The quantitative estimate of drug-likeness (QED) is 0.318. The van der Waals surface area contributed by atoms with E-state index < -0.39 is 11.9 Å². The molecule has 0 spiro atoms. The number of rotatable bonds is 8. The average Bonchev–Trinajstić information content (AvgIpc) is 2.72. The first-order chi connectivity index (χ1) is 15.2. The van der Waals surface area contributed by atoms with Crippen LogP contribution < -0.4 is 16.4 Å². The van der Waals surface area contributed by atoms with Crippen molar-refractivity contribution in [1.82, 2.24) is 9.97 Å². The molecular formula is C22H22ClN5O4. The molecule has 6 N–H and O–H groups in total. The summed E-state index contributed by atoms with van der Waals surface area (Å²) in [4.78, 5) is 31.3. The van der Waals surface area contributed by atoms with Crippen LogP contribution in [0.25, 0.3) is 11.3 Å². The summed E-state index contributed by atoms with van der Waals surface area (Å²) >= 11 is 6.20. The lowest BCUT2D eigenvalue weighted by Crippen LogP contribution is -2.17. The Morgan fingerprint density at radius 3 is 2.38 bits per heavy atom. The van der Waals surface area contributed by atoms with E-state index in [1.54, 1.807) is 19.1 Å². The van der Waals surface area contributed by atoms with E-state index in [0.717, 1.165) is 17.2 Å². The molecule has 0 aliphatic carbocycles. The van der Waals surface area contributed by atoms with Gasteiger partial charge in [-0.1, -0.05) is 23.7 Å². The molecule has 0 saturated heterocycles. The summed E-state index contributed by atoms with van der Waals surface area (Å²) in [6.45, 7) is 4.25. The van der Waals surface area contributed by atoms with E-state index in [2.05, 4.69) is 20.6 Å². The summed E-state index contributed by atoms with van der Waals surface area (Å²) in [6, 6.07) is 9.94. The van der Waals surface area contributed by atoms with Gasteiger partial charge in [-0.05, 0) is 43.2 Å². The number of hydrogen-bond donors (Lipinski definition) is 5. The molecule has 1 heterocycles. The third kappa shape index (κ3) is 5.06. The molecule has 32 heavy (non-hydrogen) atoms. The Morgan fingerprint density at radius 1 is 1.00 bits per heavy atom. The molecule has 9 nitrogen and oxygen atoms in total. The van der Waals surface area contributed by atoms with Crippen molar-refractivity contribution in [2.75, 3.05) is 29.5 Å². The fraction of sp³-hybridized carbons (Fsp3) is 0.182. The van der Waals surface area contributed by atoms with E-state index in [1.165, 1.54) is 6.07 Å². The van der Waals surface area contributed by atoms with Crippen LogP contribution >= 0.6 is 11.6 Å². The third-order valence-electron chi connectivity index (χ3n) is 4.86. The Balaban J connectivity index is 1.72. The van der Waals surface area contributed by atoms with Crippen molar-refractivity contribution in [3.63, 3.8) is 0 Å². The van der Waals surface area contributed by atoms with Gasteiger partial charge in [-0.15, -0.1) is 0 Å². The van der Waals surface area contributed by atoms with Crippen molar-refractivity contribution >= 4 is 41.0 Å². The number of carboxylic acid groups (broad SMARTS) is 2. The number of halogens is 1. The molecular weight excluding hydrogens is 434 g/mol. The van der Waals surface area contributed by atoms with Crippen molar-refractivity contribution in [2.45, 2.75) is 13.8 Å². The minimum Gasteiger partial charge on any atom is -0.478 e. The van der Waals surface area contributed by atoms with Crippen molar-refractivity contribution < 1.29 is 19.8 Å². The number of anilines is 3. The van der Waals surface area contributed by atoms with Crippen molar-refractivity contribution in [3.8, 4) is 11.3 Å². The Bertz CT molecular complexity index is 1200. The van der Waals surface area contributed by atoms with Gasteiger partial charge in [0.05, 0.1) is 16.8 Å². The summed E-state index contributed by atoms with van der Waals surface area (Å²) in [5, 5.41) is 25.4. The van der Waals surface area contributed by atoms with Gasteiger partial charge in [0.1, 0.15) is 5.82 Å². The predicted molar refractivity (Wildman–Crippen MR) is 124 cm³/mol. The zero-order valence-electron chi connectivity index (χ0n) is 17.4. The van der Waals surface area contributed by atoms with Crippen LogP contribution in [0.3, 0.4) is 0 Å². The van der Waals surface area contributed by atoms with E-state index in [-0.39, 0.29) is 17.1 Å². The van der Waals surface area contributed by atoms with E-state index >= 15 is 0 Å². The van der Waals surface area contributed by atoms with Crippen LogP contribution in [-0.4, -0.2) is 45.2 Å². The van der Waals surface area contributed by atoms with Crippen LogP contribution in [0.4, 0.5) is 17.5 Å². The molecule has 0 saturated carbocycles. The van der Waals surface area contributed by atoms with Crippen LogP contribution in [0.15, 0.2) is 36.4 Å². The number of aromatic carboxylic acids is 2. The Hall–Kier alpha value is -3.85. The first-order valence-corrected chi connectivity index (χ1v) is 10.0. The minimum absolute atomic E-state index is 0.0497. The van der Waals surface area contributed by atoms with E-state index in [1.807, 2.05) is 19.1 Å². The SMILES string of the molecule is Cc1cc(NCCNc2cc(-c3cccc(Cl)c3C)nc(N)n2)c(C(=O)O)cc1C(=O)O. The molecule has 1 aromatic heterocycles. The van der Waals surface area contributed by atoms with Gasteiger partial charge in [0.2, 0.25) is 5.95 Å². The average molecular weight is 456 g/mol. The highest BCUT2D eigenvalue weighted by Crippen LogP contribution is 2.28. The Labute approximate surface area is 189 Å². The topological polar surface area (TPSA) is 150 Å². The number of carboxylic acids is 2. The summed E-state index contributed by atoms with van der Waals surface area (Å²) in [6.07, 6.45) is 0. The summed E-state index contributed by atoms with van der Waals surface area (Å²) in [5.41, 5.74) is 8.84. The number of nitrogens with one attached hydrogen (secondary N) is 2. The number of nitrogens with two attached hydrogens (primary N) is 1. The van der Waals surface area contributed by atoms with E-state index in [4.69, 9.17) is 17.3 Å². The van der Waals surface area contributed by atoms with Crippen LogP contribution in [0.2, 0.25) is 5.02 Å². The fourth-order valence-electron chi connectivity index (χ4n) is 3.23. The number of benzene rings is 2. The van der Waals surface area contributed by atoms with Crippen LogP contribution in [0, 0.1) is 13.8 Å². The zero-order valence-corrected chi connectivity index (χ0v) is 18.2. The fourth-order valence-corrected chi connectivity index (χ4v) is 3.40. The molecule has 0 fully saturated rings. The Morgan fingerprint density at radius 2 is 1.69 bits per heavy atom. The molecule has 0 unspecified atom stereocenters. The maximum Gasteiger partial charge on any atom is 0.337 e. The van der Waals surface area contributed by atoms with Gasteiger partial charge in [-0.3, -0.25) is 0 Å². The molecule has 166 valence electrons. The van der Waals surface area contributed by atoms with E-state index in [9.17, 15) is 19.8 Å².